The minimum atomic E-state index is -0.598. The van der Waals surface area contributed by atoms with Gasteiger partial charge in [-0.2, -0.15) is 0 Å². The molecule has 0 aliphatic rings. The first-order valence-electron chi connectivity index (χ1n) is 3.13. The molecule has 0 radical (unpaired) electrons. The predicted octanol–water partition coefficient (Wildman–Crippen LogP) is 2.67. The normalized spacial score (nSPS) is 9.83. The van der Waals surface area contributed by atoms with Gasteiger partial charge < -0.3 is 0 Å². The van der Waals surface area contributed by atoms with Gasteiger partial charge in [0.1, 0.15) is 5.82 Å². The maximum atomic E-state index is 12.7. The highest BCUT2D eigenvalue weighted by Crippen LogP contribution is 2.17. The molecule has 0 spiro atoms. The van der Waals surface area contributed by atoms with Crippen molar-refractivity contribution in [2.45, 2.75) is 4.43 Å². The van der Waals surface area contributed by atoms with Gasteiger partial charge in [0.25, 0.3) is 5.69 Å². The average Bonchev–Trinajstić information content (AvgIpc) is 2.03. The van der Waals surface area contributed by atoms with Crippen molar-refractivity contribution >= 4 is 28.3 Å². The van der Waals surface area contributed by atoms with E-state index in [2.05, 4.69) is 0 Å². The maximum absolute atomic E-state index is 12.7. The molecule has 0 saturated heterocycles. The standard InChI is InChI=1S/C7H5FINO2/c8-6-1-5(4-9)2-7(3-6)10(11)12/h1-3H,4H2. The summed E-state index contributed by atoms with van der Waals surface area (Å²) >= 11 is 2.02. The first-order valence-corrected chi connectivity index (χ1v) is 4.66. The van der Waals surface area contributed by atoms with Crippen LogP contribution in [-0.2, 0) is 4.43 Å². The predicted molar refractivity (Wildman–Crippen MR) is 50.8 cm³/mol. The molecule has 3 nitrogen and oxygen atoms in total. The van der Waals surface area contributed by atoms with Gasteiger partial charge in [-0.15, -0.1) is 0 Å². The van der Waals surface area contributed by atoms with Gasteiger partial charge in [0, 0.05) is 10.5 Å². The number of hydrogen-bond donors (Lipinski definition) is 0. The van der Waals surface area contributed by atoms with Crippen LogP contribution in [0.4, 0.5) is 10.1 Å². The Labute approximate surface area is 81.9 Å². The van der Waals surface area contributed by atoms with E-state index in [1.54, 1.807) is 0 Å². The molecule has 0 fully saturated rings. The summed E-state index contributed by atoms with van der Waals surface area (Å²) in [5.74, 6) is -0.559. The van der Waals surface area contributed by atoms with Crippen molar-refractivity contribution in [3.8, 4) is 0 Å². The second-order valence-electron chi connectivity index (χ2n) is 2.21. The summed E-state index contributed by atoms with van der Waals surface area (Å²) in [5.41, 5.74) is 0.434. The number of halogens is 2. The van der Waals surface area contributed by atoms with Gasteiger partial charge >= 0.3 is 0 Å². The van der Waals surface area contributed by atoms with Gasteiger partial charge in [0.15, 0.2) is 0 Å². The van der Waals surface area contributed by atoms with Gasteiger partial charge in [-0.3, -0.25) is 10.1 Å². The average molecular weight is 281 g/mol. The molecule has 0 aromatic heterocycles. The minimum absolute atomic E-state index is 0.193. The molecule has 0 amide bonds. The van der Waals surface area contributed by atoms with Crippen molar-refractivity contribution < 1.29 is 9.31 Å². The topological polar surface area (TPSA) is 43.1 Å². The van der Waals surface area contributed by atoms with Crippen molar-refractivity contribution in [2.24, 2.45) is 0 Å². The van der Waals surface area contributed by atoms with Crippen LogP contribution in [0.25, 0.3) is 0 Å². The summed E-state index contributed by atoms with van der Waals surface area (Å²) in [6.07, 6.45) is 0. The van der Waals surface area contributed by atoms with Crippen LogP contribution in [0, 0.1) is 15.9 Å². The van der Waals surface area contributed by atoms with Crippen molar-refractivity contribution in [3.05, 3.63) is 39.7 Å². The smallest absolute Gasteiger partial charge is 0.258 e. The van der Waals surface area contributed by atoms with Crippen LogP contribution >= 0.6 is 22.6 Å². The van der Waals surface area contributed by atoms with E-state index in [4.69, 9.17) is 0 Å². The van der Waals surface area contributed by atoms with Crippen LogP contribution in [0.2, 0.25) is 0 Å². The van der Waals surface area contributed by atoms with Crippen LogP contribution in [0.15, 0.2) is 18.2 Å². The van der Waals surface area contributed by atoms with E-state index in [9.17, 15) is 14.5 Å². The Hall–Kier alpha value is -0.720. The Morgan fingerprint density at radius 3 is 2.67 bits per heavy atom. The van der Waals surface area contributed by atoms with Gasteiger partial charge in [-0.1, -0.05) is 22.6 Å². The van der Waals surface area contributed by atoms with Crippen LogP contribution < -0.4 is 0 Å². The van der Waals surface area contributed by atoms with Gasteiger partial charge in [0.2, 0.25) is 0 Å². The Bertz CT molecular complexity index is 316. The summed E-state index contributed by atoms with van der Waals surface area (Å²) in [6, 6.07) is 3.57. The van der Waals surface area contributed by atoms with Crippen LogP contribution in [0.1, 0.15) is 5.56 Å². The lowest BCUT2D eigenvalue weighted by Crippen LogP contribution is -1.90. The molecule has 1 rings (SSSR count). The lowest BCUT2D eigenvalue weighted by atomic mass is 10.2. The zero-order valence-corrected chi connectivity index (χ0v) is 8.12. The first kappa shape index (κ1) is 9.37. The second-order valence-corrected chi connectivity index (χ2v) is 2.97. The molecular formula is C7H5FINO2. The van der Waals surface area contributed by atoms with E-state index in [0.717, 1.165) is 6.07 Å². The lowest BCUT2D eigenvalue weighted by Gasteiger charge is -1.95. The highest BCUT2D eigenvalue weighted by molar-refractivity contribution is 14.1. The number of non-ortho nitro benzene ring substituents is 1. The zero-order chi connectivity index (χ0) is 9.14. The lowest BCUT2D eigenvalue weighted by molar-refractivity contribution is -0.385. The zero-order valence-electron chi connectivity index (χ0n) is 5.96. The Kier molecular flexibility index (Phi) is 2.96. The molecule has 0 N–H and O–H groups in total. The number of benzene rings is 1. The number of nitrogens with zero attached hydrogens (tertiary/aromatic N) is 1. The van der Waals surface area contributed by atoms with Gasteiger partial charge in [-0.05, 0) is 11.6 Å². The summed E-state index contributed by atoms with van der Waals surface area (Å²) in [4.78, 5) is 9.66. The van der Waals surface area contributed by atoms with Crippen molar-refractivity contribution in [2.75, 3.05) is 0 Å². The molecule has 0 aliphatic carbocycles. The highest BCUT2D eigenvalue weighted by atomic mass is 127. The summed E-state index contributed by atoms with van der Waals surface area (Å²) < 4.78 is 13.2. The molecule has 64 valence electrons. The van der Waals surface area contributed by atoms with E-state index in [0.29, 0.717) is 9.99 Å². The number of rotatable bonds is 2. The third-order valence-electron chi connectivity index (χ3n) is 1.31. The molecule has 0 aliphatic heterocycles. The molecule has 0 heterocycles. The van der Waals surface area contributed by atoms with Crippen molar-refractivity contribution in [1.29, 1.82) is 0 Å². The van der Waals surface area contributed by atoms with E-state index in [1.165, 1.54) is 12.1 Å². The maximum Gasteiger partial charge on any atom is 0.272 e. The highest BCUT2D eigenvalue weighted by Gasteiger charge is 2.08. The monoisotopic (exact) mass is 281 g/mol. The van der Waals surface area contributed by atoms with E-state index < -0.39 is 10.7 Å². The Morgan fingerprint density at radius 1 is 1.50 bits per heavy atom. The van der Waals surface area contributed by atoms with Crippen LogP contribution in [-0.4, -0.2) is 4.92 Å². The van der Waals surface area contributed by atoms with Gasteiger partial charge in [0.05, 0.1) is 11.0 Å². The molecule has 0 bridgehead atoms. The third-order valence-corrected chi connectivity index (χ3v) is 2.19. The quantitative estimate of drug-likeness (QED) is 0.362. The molecule has 12 heavy (non-hydrogen) atoms. The van der Waals surface area contributed by atoms with Crippen LogP contribution in [0.5, 0.6) is 0 Å². The van der Waals surface area contributed by atoms with E-state index in [1.807, 2.05) is 22.6 Å². The Morgan fingerprint density at radius 2 is 2.17 bits per heavy atom. The summed E-state index contributed by atoms with van der Waals surface area (Å²) in [5, 5.41) is 10.3. The van der Waals surface area contributed by atoms with Crippen molar-refractivity contribution in [3.63, 3.8) is 0 Å². The second kappa shape index (κ2) is 3.79. The fourth-order valence-corrected chi connectivity index (χ4v) is 1.26. The molecule has 0 atom stereocenters. The largest absolute Gasteiger partial charge is 0.272 e. The fourth-order valence-electron chi connectivity index (χ4n) is 0.816. The summed E-state index contributed by atoms with van der Waals surface area (Å²) in [7, 11) is 0. The van der Waals surface area contributed by atoms with E-state index >= 15 is 0 Å². The fraction of sp³-hybridized carbons (Fsp3) is 0.143. The number of nitro benzene ring substituents is 1. The molecule has 0 saturated carbocycles. The molecular weight excluding hydrogens is 276 g/mol. The number of alkyl halides is 1. The number of nitro groups is 1. The molecule has 1 aromatic rings. The first-order chi connectivity index (χ1) is 5.63. The van der Waals surface area contributed by atoms with Crippen molar-refractivity contribution in [1.82, 2.24) is 0 Å². The SMILES string of the molecule is O=[N+]([O-])c1cc(F)cc(CI)c1. The summed E-state index contributed by atoms with van der Waals surface area (Å²) in [6.45, 7) is 0. The van der Waals surface area contributed by atoms with E-state index in [-0.39, 0.29) is 5.69 Å². The minimum Gasteiger partial charge on any atom is -0.258 e. The van der Waals surface area contributed by atoms with Gasteiger partial charge in [-0.25, -0.2) is 4.39 Å². The third kappa shape index (κ3) is 2.13. The molecule has 5 heteroatoms. The molecule has 1 aromatic carbocycles. The van der Waals surface area contributed by atoms with Crippen LogP contribution in [0.3, 0.4) is 0 Å². The number of hydrogen-bond acceptors (Lipinski definition) is 2. The Balaban J connectivity index is 3.15. The molecule has 0 unspecified atom stereocenters.